The van der Waals surface area contributed by atoms with Gasteiger partial charge in [-0.05, 0) is 24.1 Å². The average molecular weight is 254 g/mol. The van der Waals surface area contributed by atoms with Crippen molar-refractivity contribution in [3.05, 3.63) is 34.3 Å². The number of halogens is 4. The third-order valence-corrected chi connectivity index (χ3v) is 2.48. The molecule has 0 aromatic heterocycles. The number of hydrogen-bond donors (Lipinski definition) is 2. The zero-order valence-corrected chi connectivity index (χ0v) is 9.02. The largest absolute Gasteiger partial charge is 0.417 e. The van der Waals surface area contributed by atoms with Gasteiger partial charge in [0.05, 0.1) is 10.6 Å². The fourth-order valence-electron chi connectivity index (χ4n) is 1.30. The third-order valence-electron chi connectivity index (χ3n) is 2.17. The molecule has 0 spiro atoms. The fourth-order valence-corrected chi connectivity index (χ4v) is 1.59. The summed E-state index contributed by atoms with van der Waals surface area (Å²) in [4.78, 5) is 0. The summed E-state index contributed by atoms with van der Waals surface area (Å²) in [6.07, 6.45) is -4.18. The van der Waals surface area contributed by atoms with Crippen LogP contribution in [0.2, 0.25) is 5.02 Å². The van der Waals surface area contributed by atoms with Crippen molar-refractivity contribution >= 4 is 11.6 Å². The number of alkyl halides is 3. The second-order valence-corrected chi connectivity index (χ2v) is 3.76. The van der Waals surface area contributed by atoms with E-state index in [2.05, 4.69) is 0 Å². The van der Waals surface area contributed by atoms with Crippen LogP contribution >= 0.6 is 11.6 Å². The number of aliphatic hydroxyl groups excluding tert-OH is 1. The average Bonchev–Trinajstić information content (AvgIpc) is 2.16. The van der Waals surface area contributed by atoms with Crippen molar-refractivity contribution in [2.24, 2.45) is 5.73 Å². The topological polar surface area (TPSA) is 46.2 Å². The molecule has 0 saturated heterocycles. The second kappa shape index (κ2) is 5.03. The molecule has 0 saturated carbocycles. The minimum Gasteiger partial charge on any atom is -0.396 e. The van der Waals surface area contributed by atoms with Gasteiger partial charge in [0.1, 0.15) is 0 Å². The highest BCUT2D eigenvalue weighted by molar-refractivity contribution is 6.31. The Morgan fingerprint density at radius 1 is 1.38 bits per heavy atom. The van der Waals surface area contributed by atoms with Crippen LogP contribution in [0.5, 0.6) is 0 Å². The van der Waals surface area contributed by atoms with Crippen LogP contribution in [0.25, 0.3) is 0 Å². The molecule has 6 heteroatoms. The normalized spacial score (nSPS) is 13.9. The maximum atomic E-state index is 12.4. The van der Waals surface area contributed by atoms with Crippen molar-refractivity contribution in [2.45, 2.75) is 18.6 Å². The van der Waals surface area contributed by atoms with Crippen LogP contribution in [-0.2, 0) is 6.18 Å². The molecule has 0 aliphatic carbocycles. The van der Waals surface area contributed by atoms with E-state index in [9.17, 15) is 13.2 Å². The molecular weight excluding hydrogens is 243 g/mol. The van der Waals surface area contributed by atoms with Crippen LogP contribution in [0.15, 0.2) is 18.2 Å². The van der Waals surface area contributed by atoms with E-state index < -0.39 is 17.8 Å². The molecule has 1 aromatic carbocycles. The Morgan fingerprint density at radius 2 is 2.00 bits per heavy atom. The predicted molar refractivity (Wildman–Crippen MR) is 55.1 cm³/mol. The summed E-state index contributed by atoms with van der Waals surface area (Å²) >= 11 is 5.52. The zero-order valence-electron chi connectivity index (χ0n) is 8.26. The number of aliphatic hydroxyl groups is 1. The van der Waals surface area contributed by atoms with Gasteiger partial charge in [-0.25, -0.2) is 0 Å². The molecule has 1 atom stereocenters. The van der Waals surface area contributed by atoms with E-state index >= 15 is 0 Å². The van der Waals surface area contributed by atoms with Gasteiger partial charge in [0, 0.05) is 12.6 Å². The lowest BCUT2D eigenvalue weighted by Crippen LogP contribution is -2.13. The lowest BCUT2D eigenvalue weighted by Gasteiger charge is -2.14. The molecule has 0 aliphatic rings. The van der Waals surface area contributed by atoms with E-state index in [4.69, 9.17) is 22.4 Å². The van der Waals surface area contributed by atoms with Gasteiger partial charge in [0.15, 0.2) is 0 Å². The molecule has 1 rings (SSSR count). The first-order valence-electron chi connectivity index (χ1n) is 4.59. The molecule has 0 aliphatic heterocycles. The lowest BCUT2D eigenvalue weighted by molar-refractivity contribution is -0.137. The molecule has 0 amide bonds. The van der Waals surface area contributed by atoms with Crippen LogP contribution in [0.3, 0.4) is 0 Å². The highest BCUT2D eigenvalue weighted by Gasteiger charge is 2.33. The zero-order chi connectivity index (χ0) is 12.3. The predicted octanol–water partition coefficient (Wildman–Crippen LogP) is 2.74. The van der Waals surface area contributed by atoms with Gasteiger partial charge in [-0.2, -0.15) is 13.2 Å². The molecule has 3 N–H and O–H groups in total. The minimum absolute atomic E-state index is 0.125. The lowest BCUT2D eigenvalue weighted by atomic mass is 10.0. The van der Waals surface area contributed by atoms with Gasteiger partial charge < -0.3 is 10.8 Å². The van der Waals surface area contributed by atoms with Crippen molar-refractivity contribution in [1.29, 1.82) is 0 Å². The Labute approximate surface area is 95.8 Å². The molecule has 16 heavy (non-hydrogen) atoms. The molecule has 90 valence electrons. The molecule has 0 heterocycles. The fraction of sp³-hybridized carbons (Fsp3) is 0.400. The Hall–Kier alpha value is -0.780. The van der Waals surface area contributed by atoms with E-state index in [-0.39, 0.29) is 18.1 Å². The molecule has 0 unspecified atom stereocenters. The number of nitrogens with two attached hydrogens (primary N) is 1. The van der Waals surface area contributed by atoms with Crippen molar-refractivity contribution < 1.29 is 18.3 Å². The Balaban J connectivity index is 3.00. The molecule has 0 fully saturated rings. The minimum atomic E-state index is -4.46. The van der Waals surface area contributed by atoms with Gasteiger partial charge in [0.25, 0.3) is 0 Å². The van der Waals surface area contributed by atoms with Crippen molar-refractivity contribution in [3.63, 3.8) is 0 Å². The van der Waals surface area contributed by atoms with E-state index in [1.54, 1.807) is 0 Å². The van der Waals surface area contributed by atoms with E-state index in [0.29, 0.717) is 5.56 Å². The smallest absolute Gasteiger partial charge is 0.396 e. The maximum absolute atomic E-state index is 12.4. The molecule has 0 radical (unpaired) electrons. The van der Waals surface area contributed by atoms with Crippen LogP contribution in [-0.4, -0.2) is 11.7 Å². The van der Waals surface area contributed by atoms with Crippen LogP contribution in [0.1, 0.15) is 23.6 Å². The molecule has 0 bridgehead atoms. The maximum Gasteiger partial charge on any atom is 0.417 e. The van der Waals surface area contributed by atoms with Gasteiger partial charge in [-0.1, -0.05) is 17.7 Å². The second-order valence-electron chi connectivity index (χ2n) is 3.36. The first kappa shape index (κ1) is 13.3. The van der Waals surface area contributed by atoms with Crippen molar-refractivity contribution in [1.82, 2.24) is 0 Å². The summed E-state index contributed by atoms with van der Waals surface area (Å²) in [6, 6.07) is 2.85. The highest BCUT2D eigenvalue weighted by Crippen LogP contribution is 2.35. The standard InChI is InChI=1S/C10H11ClF3NO/c11-8-5-6(9(15)3-4-16)1-2-7(8)10(12,13)14/h1-2,5,9,16H,3-4,15H2/t9-/m0/s1. The molecule has 2 nitrogen and oxygen atoms in total. The number of rotatable bonds is 3. The quantitative estimate of drug-likeness (QED) is 0.870. The summed E-state index contributed by atoms with van der Waals surface area (Å²) in [6.45, 7) is -0.125. The van der Waals surface area contributed by atoms with Crippen molar-refractivity contribution in [3.8, 4) is 0 Å². The van der Waals surface area contributed by atoms with Crippen LogP contribution < -0.4 is 5.73 Å². The molecule has 1 aromatic rings. The van der Waals surface area contributed by atoms with E-state index in [0.717, 1.165) is 6.07 Å². The number of benzene rings is 1. The Morgan fingerprint density at radius 3 is 2.44 bits per heavy atom. The van der Waals surface area contributed by atoms with E-state index in [1.807, 2.05) is 0 Å². The molecular formula is C10H11ClF3NO. The summed E-state index contributed by atoms with van der Waals surface area (Å²) in [5, 5.41) is 8.28. The van der Waals surface area contributed by atoms with Gasteiger partial charge in [-0.15, -0.1) is 0 Å². The van der Waals surface area contributed by atoms with Crippen LogP contribution in [0.4, 0.5) is 13.2 Å². The van der Waals surface area contributed by atoms with Gasteiger partial charge in [-0.3, -0.25) is 0 Å². The van der Waals surface area contributed by atoms with E-state index in [1.165, 1.54) is 12.1 Å². The summed E-state index contributed by atoms with van der Waals surface area (Å²) < 4.78 is 37.1. The SMILES string of the molecule is N[C@@H](CCO)c1ccc(C(F)(F)F)c(Cl)c1. The monoisotopic (exact) mass is 253 g/mol. The first-order chi connectivity index (χ1) is 7.36. The highest BCUT2D eigenvalue weighted by atomic mass is 35.5. The summed E-state index contributed by atoms with van der Waals surface area (Å²) in [5.41, 5.74) is 5.23. The summed E-state index contributed by atoms with van der Waals surface area (Å²) in [5.74, 6) is 0. The van der Waals surface area contributed by atoms with Crippen molar-refractivity contribution in [2.75, 3.05) is 6.61 Å². The van der Waals surface area contributed by atoms with Crippen LogP contribution in [0, 0.1) is 0 Å². The van der Waals surface area contributed by atoms with Gasteiger partial charge in [0.2, 0.25) is 0 Å². The Kier molecular flexibility index (Phi) is 4.18. The summed E-state index contributed by atoms with van der Waals surface area (Å²) in [7, 11) is 0. The Bertz CT molecular complexity index is 368. The first-order valence-corrected chi connectivity index (χ1v) is 4.97. The third kappa shape index (κ3) is 3.10. The number of hydrogen-bond acceptors (Lipinski definition) is 2. The van der Waals surface area contributed by atoms with Gasteiger partial charge >= 0.3 is 6.18 Å².